The van der Waals surface area contributed by atoms with Gasteiger partial charge in [-0.25, -0.2) is 0 Å². The highest BCUT2D eigenvalue weighted by molar-refractivity contribution is 6.06. The van der Waals surface area contributed by atoms with E-state index in [2.05, 4.69) is 0 Å². The summed E-state index contributed by atoms with van der Waals surface area (Å²) in [6, 6.07) is 83.9. The smallest absolute Gasteiger partial charge is 0.455 e. The minimum atomic E-state index is -5.48. The Morgan fingerprint density at radius 2 is 0.530 bits per heavy atom. The Bertz CT molecular complexity index is 5030. The van der Waals surface area contributed by atoms with Crippen molar-refractivity contribution in [1.29, 1.82) is 0 Å². The number of Topliss-reactive ketones (excluding diaryl/α,β-unsaturated/α-hetero) is 2. The van der Waals surface area contributed by atoms with Gasteiger partial charge in [-0.3, -0.25) is 19.2 Å². The molecule has 0 aromatic heterocycles. The first-order chi connectivity index (χ1) is 56.9. The predicted octanol–water partition coefficient (Wildman–Crippen LogP) is 20.9. The van der Waals surface area contributed by atoms with Crippen LogP contribution in [-0.4, -0.2) is 48.1 Å². The van der Waals surface area contributed by atoms with Gasteiger partial charge in [-0.15, -0.1) is 0 Å². The SMILES string of the molecule is O=C(CCCC(=O)O[C@H]1Cc2c(OCc3ccccc3)cc(OCc3ccccc3)c(C(=O)C(F)(F)F)c2O[C@@H]1c1ccc(OCc2ccccc2)c(OCc2ccccc2)c1)O[C@H]1Cc2c(OCc3ccccc3)cc(OCc3ccccc3)c(C(=O)C(F)(F)F)c2O[C@@H]1c1ccc(OCc2ccccc2)c(OCc2ccccc2)c1. The number of halogens is 6. The predicted molar refractivity (Wildman–Crippen MR) is 420 cm³/mol. The van der Waals surface area contributed by atoms with Crippen LogP contribution < -0.4 is 47.4 Å². The second kappa shape index (κ2) is 37.6. The van der Waals surface area contributed by atoms with Crippen molar-refractivity contribution in [2.45, 2.75) is 122 Å². The molecule has 0 saturated carbocycles. The third kappa shape index (κ3) is 20.9. The molecule has 0 fully saturated rings. The number of benzene rings is 12. The molecule has 12 aromatic carbocycles. The summed E-state index contributed by atoms with van der Waals surface area (Å²) in [5.41, 5.74) is 4.01. The highest BCUT2D eigenvalue weighted by Gasteiger charge is 2.49. The van der Waals surface area contributed by atoms with Crippen molar-refractivity contribution in [2.24, 2.45) is 0 Å². The number of ketones is 2. The van der Waals surface area contributed by atoms with Crippen molar-refractivity contribution in [3.63, 3.8) is 0 Å². The van der Waals surface area contributed by atoms with Crippen LogP contribution in [0, 0.1) is 0 Å². The molecule has 117 heavy (non-hydrogen) atoms. The molecule has 0 bridgehead atoms. The van der Waals surface area contributed by atoms with Crippen LogP contribution >= 0.6 is 0 Å². The maximum absolute atomic E-state index is 15.3. The molecule has 2 aliphatic heterocycles. The molecule has 0 unspecified atom stereocenters. The Kier molecular flexibility index (Phi) is 25.8. The third-order valence-corrected chi connectivity index (χ3v) is 19.4. The van der Waals surface area contributed by atoms with E-state index in [0.29, 0.717) is 22.3 Å². The number of alkyl halides is 6. The molecule has 2 aliphatic rings. The van der Waals surface area contributed by atoms with Crippen LogP contribution in [-0.2, 0) is 84.8 Å². The fraction of sp³-hybridized carbons (Fsp3) is 0.200. The van der Waals surface area contributed by atoms with E-state index in [-0.39, 0.29) is 116 Å². The topological polar surface area (TPSA) is 179 Å². The van der Waals surface area contributed by atoms with Crippen molar-refractivity contribution in [1.82, 2.24) is 0 Å². The first kappa shape index (κ1) is 80.1. The van der Waals surface area contributed by atoms with Crippen molar-refractivity contribution < 1.29 is 102 Å². The largest absolute Gasteiger partial charge is 0.488 e. The molecule has 0 aliphatic carbocycles. The Balaban J connectivity index is 0.807. The molecule has 596 valence electrons. The molecule has 16 nitrogen and oxygen atoms in total. The second-order valence-electron chi connectivity index (χ2n) is 27.8. The summed E-state index contributed by atoms with van der Waals surface area (Å²) in [7, 11) is 0. The molecular formula is C95H78F6O16. The van der Waals surface area contributed by atoms with Gasteiger partial charge in [0.2, 0.25) is 0 Å². The minimum Gasteiger partial charge on any atom is -0.488 e. The van der Waals surface area contributed by atoms with Gasteiger partial charge < -0.3 is 56.8 Å². The van der Waals surface area contributed by atoms with Crippen molar-refractivity contribution in [3.8, 4) is 57.5 Å². The number of carbonyl (C=O) groups excluding carboxylic acids is 4. The molecule has 22 heteroatoms. The Morgan fingerprint density at radius 1 is 0.291 bits per heavy atom. The Labute approximate surface area is 670 Å². The fourth-order valence-electron chi connectivity index (χ4n) is 13.5. The molecule has 0 saturated heterocycles. The van der Waals surface area contributed by atoms with Crippen LogP contribution in [0.3, 0.4) is 0 Å². The standard InChI is InChI=1S/C95H78F6O16/c96-94(97,98)92(104)86-80(112-60-68-38-21-7-22-39-68)52-76(108-56-64-30-13-3-14-31-64)72-50-82(88(116-90(72)86)70-44-46-74(106-54-62-26-9-1-10-27-62)78(48-70)110-58-66-34-17-5-18-35-66)114-84(102)42-25-43-85(103)115-83-51-73-77(109-57-65-32-15-4-16-33-65)53-81(113-61-69-40-23-8-24-41-69)87(93(105)95(99,100)101)91(73)117-89(83)71-45-47-75(107-55-63-28-11-2-12-29-63)79(49-71)111-59-67-36-19-6-20-37-67/h1-24,26-41,44-49,52-53,82-83,88-89H,25,42-43,50-51,54-61H2/t82-,83-,88+,89+/m0/s1. The number of hydrogen-bond acceptors (Lipinski definition) is 16. The van der Waals surface area contributed by atoms with Crippen LogP contribution in [0.15, 0.2) is 291 Å². The van der Waals surface area contributed by atoms with E-state index in [0.717, 1.165) is 22.3 Å². The fourth-order valence-corrected chi connectivity index (χ4v) is 13.5. The summed E-state index contributed by atoms with van der Waals surface area (Å²) in [5, 5.41) is 0. The average Bonchev–Trinajstić information content (AvgIpc) is 0.748. The van der Waals surface area contributed by atoms with Gasteiger partial charge in [0.1, 0.15) is 111 Å². The Morgan fingerprint density at radius 3 is 0.786 bits per heavy atom. The molecule has 0 spiro atoms. The van der Waals surface area contributed by atoms with E-state index in [4.69, 9.17) is 56.8 Å². The number of fused-ring (bicyclic) bond motifs is 2. The zero-order valence-corrected chi connectivity index (χ0v) is 63.0. The van der Waals surface area contributed by atoms with Gasteiger partial charge in [0, 0.05) is 60.1 Å². The maximum atomic E-state index is 15.3. The van der Waals surface area contributed by atoms with Crippen LogP contribution in [0.25, 0.3) is 0 Å². The number of esters is 2. The van der Waals surface area contributed by atoms with Crippen LogP contribution in [0.4, 0.5) is 26.3 Å². The molecule has 4 atom stereocenters. The highest BCUT2D eigenvalue weighted by Crippen LogP contribution is 2.52. The molecular weight excluding hydrogens is 1510 g/mol. The molecule has 12 aromatic rings. The average molecular weight is 1590 g/mol. The zero-order chi connectivity index (χ0) is 81.1. The summed E-state index contributed by atoms with van der Waals surface area (Å²) in [5.74, 6) is -7.75. The molecule has 0 amide bonds. The van der Waals surface area contributed by atoms with Crippen molar-refractivity contribution in [2.75, 3.05) is 0 Å². The number of rotatable bonds is 34. The number of ether oxygens (including phenoxy) is 12. The summed E-state index contributed by atoms with van der Waals surface area (Å²) in [6.07, 6.45) is -18.9. The lowest BCUT2D eigenvalue weighted by Crippen LogP contribution is -2.37. The lowest BCUT2D eigenvalue weighted by molar-refractivity contribution is -0.157. The summed E-state index contributed by atoms with van der Waals surface area (Å²) < 4.78 is 169. The van der Waals surface area contributed by atoms with Gasteiger partial charge in [-0.2, -0.15) is 26.3 Å². The molecule has 14 rings (SSSR count). The van der Waals surface area contributed by atoms with E-state index in [1.165, 1.54) is 12.1 Å². The van der Waals surface area contributed by atoms with Crippen LogP contribution in [0.5, 0.6) is 57.5 Å². The van der Waals surface area contributed by atoms with Crippen molar-refractivity contribution in [3.05, 3.63) is 369 Å². The number of carbonyl (C=O) groups is 4. The first-order valence-electron chi connectivity index (χ1n) is 37.9. The Hall–Kier alpha value is -13.5. The second-order valence-corrected chi connectivity index (χ2v) is 27.8. The quantitative estimate of drug-likeness (QED) is 0.0211. The van der Waals surface area contributed by atoms with E-state index >= 15 is 26.3 Å². The van der Waals surface area contributed by atoms with E-state index in [9.17, 15) is 19.2 Å². The van der Waals surface area contributed by atoms with E-state index in [1.54, 1.807) is 158 Å². The van der Waals surface area contributed by atoms with Gasteiger partial charge in [0.25, 0.3) is 11.6 Å². The lowest BCUT2D eigenvalue weighted by atomic mass is 9.90. The van der Waals surface area contributed by atoms with Gasteiger partial charge >= 0.3 is 24.3 Å². The summed E-state index contributed by atoms with van der Waals surface area (Å²) in [4.78, 5) is 58.0. The van der Waals surface area contributed by atoms with Crippen LogP contribution in [0.1, 0.15) is 119 Å². The molecule has 0 radical (unpaired) electrons. The number of hydrogen-bond donors (Lipinski definition) is 0. The van der Waals surface area contributed by atoms with Crippen molar-refractivity contribution >= 4 is 23.5 Å². The first-order valence-corrected chi connectivity index (χ1v) is 37.9. The van der Waals surface area contributed by atoms with Gasteiger partial charge in [-0.1, -0.05) is 255 Å². The molecule has 0 N–H and O–H groups in total. The van der Waals surface area contributed by atoms with Gasteiger partial charge in [0.05, 0.1) is 0 Å². The molecule has 2 heterocycles. The monoisotopic (exact) mass is 1590 g/mol. The zero-order valence-electron chi connectivity index (χ0n) is 63.0. The van der Waals surface area contributed by atoms with E-state index < -0.39 is 120 Å². The third-order valence-electron chi connectivity index (χ3n) is 19.4. The summed E-state index contributed by atoms with van der Waals surface area (Å²) in [6.45, 7) is -0.542. The van der Waals surface area contributed by atoms with E-state index in [1.807, 2.05) is 121 Å². The maximum Gasteiger partial charge on any atom is 0.455 e. The normalized spacial score (nSPS) is 14.8. The van der Waals surface area contributed by atoms with Gasteiger partial charge in [0.15, 0.2) is 35.2 Å². The van der Waals surface area contributed by atoms with Crippen LogP contribution in [0.2, 0.25) is 0 Å². The van der Waals surface area contributed by atoms with Gasteiger partial charge in [-0.05, 0) is 75.2 Å². The summed E-state index contributed by atoms with van der Waals surface area (Å²) >= 11 is 0. The lowest BCUT2D eigenvalue weighted by Gasteiger charge is -2.36. The minimum absolute atomic E-state index is 0.0283. The highest BCUT2D eigenvalue weighted by atomic mass is 19.4.